The lowest BCUT2D eigenvalue weighted by atomic mass is 9.97. The summed E-state index contributed by atoms with van der Waals surface area (Å²) in [5.74, 6) is 0. The van der Waals surface area contributed by atoms with E-state index < -0.39 is 0 Å². The first-order valence-corrected chi connectivity index (χ1v) is 6.92. The van der Waals surface area contributed by atoms with Crippen LogP contribution in [0, 0.1) is 22.7 Å². The second-order valence-corrected chi connectivity index (χ2v) is 4.93. The van der Waals surface area contributed by atoms with Crippen LogP contribution in [0.3, 0.4) is 0 Å². The molecule has 0 N–H and O–H groups in total. The summed E-state index contributed by atoms with van der Waals surface area (Å²) in [5, 5.41) is 20.1. The summed E-state index contributed by atoms with van der Waals surface area (Å²) >= 11 is 0. The SMILES string of the molecule is N#CC(C#N)=Cc1cccc(-c2cccc3ccccc23)c1. The Kier molecular flexibility index (Phi) is 3.69. The molecule has 0 bridgehead atoms. The minimum Gasteiger partial charge on any atom is -0.192 e. The van der Waals surface area contributed by atoms with Gasteiger partial charge in [-0.15, -0.1) is 0 Å². The third-order valence-electron chi connectivity index (χ3n) is 3.54. The van der Waals surface area contributed by atoms with Crippen LogP contribution in [0.2, 0.25) is 0 Å². The Bertz CT molecular complexity index is 932. The highest BCUT2D eigenvalue weighted by molar-refractivity contribution is 5.96. The van der Waals surface area contributed by atoms with Gasteiger partial charge in [0, 0.05) is 0 Å². The van der Waals surface area contributed by atoms with E-state index in [2.05, 4.69) is 24.3 Å². The van der Waals surface area contributed by atoms with Crippen molar-refractivity contribution in [2.45, 2.75) is 0 Å². The smallest absolute Gasteiger partial charge is 0.130 e. The van der Waals surface area contributed by atoms with E-state index in [1.807, 2.05) is 54.6 Å². The third kappa shape index (κ3) is 2.59. The molecule has 0 unspecified atom stereocenters. The van der Waals surface area contributed by atoms with E-state index in [-0.39, 0.29) is 5.57 Å². The standard InChI is InChI=1S/C20H12N2/c21-13-16(14-22)11-15-5-3-8-18(12-15)20-10-4-7-17-6-1-2-9-19(17)20/h1-12H. The molecule has 0 aliphatic rings. The fourth-order valence-electron chi connectivity index (χ4n) is 2.53. The van der Waals surface area contributed by atoms with Crippen LogP contribution in [0.1, 0.15) is 5.56 Å². The van der Waals surface area contributed by atoms with E-state index in [0.29, 0.717) is 0 Å². The topological polar surface area (TPSA) is 47.6 Å². The minimum atomic E-state index is 0.107. The Morgan fingerprint density at radius 1 is 0.818 bits per heavy atom. The number of fused-ring (bicyclic) bond motifs is 1. The quantitative estimate of drug-likeness (QED) is 0.624. The number of nitriles is 2. The monoisotopic (exact) mass is 280 g/mol. The molecule has 0 amide bonds. The highest BCUT2D eigenvalue weighted by atomic mass is 14.3. The Balaban J connectivity index is 2.15. The molecule has 0 saturated carbocycles. The van der Waals surface area contributed by atoms with E-state index in [1.165, 1.54) is 10.8 Å². The molecule has 3 aromatic rings. The summed E-state index contributed by atoms with van der Waals surface area (Å²) < 4.78 is 0. The number of nitrogens with zero attached hydrogens (tertiary/aromatic N) is 2. The Hall–Kier alpha value is -3.36. The van der Waals surface area contributed by atoms with Crippen molar-refractivity contribution >= 4 is 16.8 Å². The van der Waals surface area contributed by atoms with Gasteiger partial charge in [-0.25, -0.2) is 0 Å². The summed E-state index contributed by atoms with van der Waals surface area (Å²) in [6.45, 7) is 0. The summed E-state index contributed by atoms with van der Waals surface area (Å²) in [4.78, 5) is 0. The number of allylic oxidation sites excluding steroid dienone is 1. The first kappa shape index (κ1) is 13.6. The van der Waals surface area contributed by atoms with E-state index in [1.54, 1.807) is 6.08 Å². The van der Waals surface area contributed by atoms with E-state index in [9.17, 15) is 0 Å². The van der Waals surface area contributed by atoms with Gasteiger partial charge >= 0.3 is 0 Å². The van der Waals surface area contributed by atoms with Gasteiger partial charge in [0.25, 0.3) is 0 Å². The predicted octanol–water partition coefficient (Wildman–Crippen LogP) is 4.94. The molecule has 0 aromatic heterocycles. The maximum absolute atomic E-state index is 8.87. The van der Waals surface area contributed by atoms with Crippen LogP contribution in [0.5, 0.6) is 0 Å². The van der Waals surface area contributed by atoms with Crippen LogP contribution in [0.4, 0.5) is 0 Å². The van der Waals surface area contributed by atoms with Crippen molar-refractivity contribution in [2.75, 3.05) is 0 Å². The van der Waals surface area contributed by atoms with Crippen LogP contribution >= 0.6 is 0 Å². The zero-order valence-corrected chi connectivity index (χ0v) is 11.8. The zero-order chi connectivity index (χ0) is 15.4. The largest absolute Gasteiger partial charge is 0.192 e. The Morgan fingerprint density at radius 2 is 1.55 bits per heavy atom. The fourth-order valence-corrected chi connectivity index (χ4v) is 2.53. The summed E-state index contributed by atoms with van der Waals surface area (Å²) in [5.41, 5.74) is 3.17. The van der Waals surface area contributed by atoms with Crippen molar-refractivity contribution in [1.29, 1.82) is 10.5 Å². The van der Waals surface area contributed by atoms with Crippen LogP contribution in [-0.4, -0.2) is 0 Å². The fraction of sp³-hybridized carbons (Fsp3) is 0. The van der Waals surface area contributed by atoms with Gasteiger partial charge in [0.2, 0.25) is 0 Å². The van der Waals surface area contributed by atoms with Crippen LogP contribution in [0.15, 0.2) is 72.3 Å². The average molecular weight is 280 g/mol. The number of benzene rings is 3. The molecule has 0 aliphatic carbocycles. The number of hydrogen-bond donors (Lipinski definition) is 0. The molecule has 0 atom stereocenters. The molecule has 3 aromatic carbocycles. The molecule has 2 heteroatoms. The molecule has 0 spiro atoms. The van der Waals surface area contributed by atoms with E-state index >= 15 is 0 Å². The average Bonchev–Trinajstić information content (AvgIpc) is 2.59. The van der Waals surface area contributed by atoms with E-state index in [4.69, 9.17) is 10.5 Å². The summed E-state index contributed by atoms with van der Waals surface area (Å²) in [6.07, 6.45) is 1.61. The molecule has 0 heterocycles. The third-order valence-corrected chi connectivity index (χ3v) is 3.54. The van der Waals surface area contributed by atoms with Crippen molar-refractivity contribution in [3.8, 4) is 23.3 Å². The van der Waals surface area contributed by atoms with Gasteiger partial charge in [0.1, 0.15) is 17.7 Å². The van der Waals surface area contributed by atoms with Crippen molar-refractivity contribution < 1.29 is 0 Å². The van der Waals surface area contributed by atoms with Crippen molar-refractivity contribution in [3.05, 3.63) is 77.9 Å². The molecule has 0 radical (unpaired) electrons. The molecule has 3 rings (SSSR count). The van der Waals surface area contributed by atoms with Gasteiger partial charge in [0.15, 0.2) is 0 Å². The first-order valence-electron chi connectivity index (χ1n) is 6.92. The van der Waals surface area contributed by atoms with Gasteiger partial charge < -0.3 is 0 Å². The van der Waals surface area contributed by atoms with Crippen molar-refractivity contribution in [1.82, 2.24) is 0 Å². The lowest BCUT2D eigenvalue weighted by molar-refractivity contribution is 1.47. The number of hydrogen-bond acceptors (Lipinski definition) is 2. The zero-order valence-electron chi connectivity index (χ0n) is 11.8. The highest BCUT2D eigenvalue weighted by Crippen LogP contribution is 2.29. The molecular formula is C20H12N2. The number of rotatable bonds is 2. The van der Waals surface area contributed by atoms with E-state index in [0.717, 1.165) is 16.7 Å². The van der Waals surface area contributed by atoms with Crippen LogP contribution in [-0.2, 0) is 0 Å². The Morgan fingerprint density at radius 3 is 2.36 bits per heavy atom. The van der Waals surface area contributed by atoms with Gasteiger partial charge in [-0.1, -0.05) is 60.7 Å². The van der Waals surface area contributed by atoms with Gasteiger partial charge in [-0.2, -0.15) is 10.5 Å². The van der Waals surface area contributed by atoms with Crippen molar-refractivity contribution in [3.63, 3.8) is 0 Å². The predicted molar refractivity (Wildman–Crippen MR) is 88.6 cm³/mol. The lowest BCUT2D eigenvalue weighted by Crippen LogP contribution is -1.83. The molecular weight excluding hydrogens is 268 g/mol. The molecule has 102 valence electrons. The van der Waals surface area contributed by atoms with Gasteiger partial charge in [-0.3, -0.25) is 0 Å². The Labute approximate surface area is 129 Å². The van der Waals surface area contributed by atoms with Gasteiger partial charge in [0.05, 0.1) is 0 Å². The first-order chi connectivity index (χ1) is 10.8. The van der Waals surface area contributed by atoms with Crippen LogP contribution in [0.25, 0.3) is 28.0 Å². The highest BCUT2D eigenvalue weighted by Gasteiger charge is 2.04. The minimum absolute atomic E-state index is 0.107. The van der Waals surface area contributed by atoms with Crippen LogP contribution < -0.4 is 0 Å². The normalized spacial score (nSPS) is 9.73. The molecule has 0 fully saturated rings. The maximum atomic E-state index is 8.87. The van der Waals surface area contributed by atoms with Crippen molar-refractivity contribution in [2.24, 2.45) is 0 Å². The summed E-state index contributed by atoms with van der Waals surface area (Å²) in [6, 6.07) is 26.1. The molecule has 22 heavy (non-hydrogen) atoms. The molecule has 2 nitrogen and oxygen atoms in total. The second-order valence-electron chi connectivity index (χ2n) is 4.93. The van der Waals surface area contributed by atoms with Gasteiger partial charge in [-0.05, 0) is 39.6 Å². The maximum Gasteiger partial charge on any atom is 0.130 e. The molecule has 0 aliphatic heterocycles. The summed E-state index contributed by atoms with van der Waals surface area (Å²) in [7, 11) is 0. The molecule has 0 saturated heterocycles. The second kappa shape index (κ2) is 5.95. The lowest BCUT2D eigenvalue weighted by Gasteiger charge is -2.07.